The van der Waals surface area contributed by atoms with Gasteiger partial charge in [0.2, 0.25) is 5.91 Å². The second-order valence-corrected chi connectivity index (χ2v) is 5.01. The minimum absolute atomic E-state index is 0.107. The Balaban J connectivity index is 1.83. The molecule has 0 aromatic rings. The van der Waals surface area contributed by atoms with E-state index < -0.39 is 5.97 Å². The highest BCUT2D eigenvalue weighted by Crippen LogP contribution is 2.19. The second kappa shape index (κ2) is 5.49. The van der Waals surface area contributed by atoms with Gasteiger partial charge in [0, 0.05) is 25.6 Å². The molecule has 0 bridgehead atoms. The molecule has 0 aromatic carbocycles. The molecule has 2 aliphatic rings. The number of nitrogens with one attached hydrogen (secondary N) is 1. The number of hydrogen-bond donors (Lipinski definition) is 2. The number of carboxylic acid groups (broad SMARTS) is 1. The molecule has 17 heavy (non-hydrogen) atoms. The third-order valence-corrected chi connectivity index (χ3v) is 3.71. The zero-order valence-electron chi connectivity index (χ0n) is 10.0. The molecule has 2 unspecified atom stereocenters. The van der Waals surface area contributed by atoms with Crippen molar-refractivity contribution in [2.45, 2.75) is 38.1 Å². The molecule has 2 fully saturated rings. The molecule has 5 nitrogen and oxygen atoms in total. The third kappa shape index (κ3) is 3.19. The first-order valence-electron chi connectivity index (χ1n) is 6.41. The molecule has 2 rings (SSSR count). The summed E-state index contributed by atoms with van der Waals surface area (Å²) in [4.78, 5) is 24.7. The molecule has 0 spiro atoms. The summed E-state index contributed by atoms with van der Waals surface area (Å²) in [5.41, 5.74) is 0. The van der Waals surface area contributed by atoms with E-state index in [0.717, 1.165) is 32.4 Å². The Labute approximate surface area is 101 Å². The van der Waals surface area contributed by atoms with Crippen LogP contribution in [-0.2, 0) is 9.59 Å². The predicted octanol–water partition coefficient (Wildman–Crippen LogP) is 0.452. The summed E-state index contributed by atoms with van der Waals surface area (Å²) in [6.07, 6.45) is 4.21. The third-order valence-electron chi connectivity index (χ3n) is 3.71. The summed E-state index contributed by atoms with van der Waals surface area (Å²) in [5.74, 6) is -1.04. The fourth-order valence-electron chi connectivity index (χ4n) is 2.68. The molecule has 2 heterocycles. The lowest BCUT2D eigenvalue weighted by Gasteiger charge is -2.31. The van der Waals surface area contributed by atoms with Crippen LogP contribution in [0.15, 0.2) is 0 Å². The van der Waals surface area contributed by atoms with Crippen molar-refractivity contribution in [1.29, 1.82) is 0 Å². The van der Waals surface area contributed by atoms with E-state index in [1.807, 2.05) is 0 Å². The van der Waals surface area contributed by atoms with Crippen molar-refractivity contribution in [3.05, 3.63) is 0 Å². The van der Waals surface area contributed by atoms with Crippen LogP contribution < -0.4 is 5.32 Å². The van der Waals surface area contributed by atoms with E-state index in [1.165, 1.54) is 0 Å². The van der Waals surface area contributed by atoms with Gasteiger partial charge in [0.15, 0.2) is 0 Å². The van der Waals surface area contributed by atoms with E-state index in [-0.39, 0.29) is 11.8 Å². The molecule has 0 radical (unpaired) electrons. The molecular formula is C12H20N2O3. The zero-order valence-corrected chi connectivity index (χ0v) is 10.0. The number of rotatable bonds is 3. The number of likely N-dealkylation sites (tertiary alicyclic amines) is 1. The predicted molar refractivity (Wildman–Crippen MR) is 62.6 cm³/mol. The van der Waals surface area contributed by atoms with Crippen LogP contribution in [0.1, 0.15) is 32.1 Å². The van der Waals surface area contributed by atoms with Crippen molar-refractivity contribution in [3.8, 4) is 0 Å². The smallest absolute Gasteiger partial charge is 0.308 e. The van der Waals surface area contributed by atoms with E-state index in [9.17, 15) is 9.59 Å². The van der Waals surface area contributed by atoms with Crippen LogP contribution in [-0.4, -0.2) is 47.6 Å². The van der Waals surface area contributed by atoms with Gasteiger partial charge in [-0.3, -0.25) is 9.59 Å². The average molecular weight is 240 g/mol. The zero-order chi connectivity index (χ0) is 12.3. The maximum Gasteiger partial charge on any atom is 0.308 e. The van der Waals surface area contributed by atoms with Gasteiger partial charge in [-0.05, 0) is 32.2 Å². The van der Waals surface area contributed by atoms with Gasteiger partial charge in [-0.2, -0.15) is 0 Å². The minimum Gasteiger partial charge on any atom is -0.481 e. The highest BCUT2D eigenvalue weighted by atomic mass is 16.4. The Morgan fingerprint density at radius 3 is 2.76 bits per heavy atom. The van der Waals surface area contributed by atoms with E-state index >= 15 is 0 Å². The normalized spacial score (nSPS) is 29.3. The molecule has 2 saturated heterocycles. The first-order valence-corrected chi connectivity index (χ1v) is 6.41. The molecule has 96 valence electrons. The van der Waals surface area contributed by atoms with Gasteiger partial charge in [-0.25, -0.2) is 0 Å². The van der Waals surface area contributed by atoms with Crippen LogP contribution in [0.25, 0.3) is 0 Å². The lowest BCUT2D eigenvalue weighted by molar-refractivity contribution is -0.145. The van der Waals surface area contributed by atoms with Crippen LogP contribution in [0.4, 0.5) is 0 Å². The van der Waals surface area contributed by atoms with Crippen LogP contribution >= 0.6 is 0 Å². The van der Waals surface area contributed by atoms with Gasteiger partial charge in [0.1, 0.15) is 0 Å². The van der Waals surface area contributed by atoms with E-state index in [2.05, 4.69) is 5.32 Å². The Morgan fingerprint density at radius 2 is 2.12 bits per heavy atom. The van der Waals surface area contributed by atoms with Crippen LogP contribution in [0.5, 0.6) is 0 Å². The first-order chi connectivity index (χ1) is 8.16. The number of piperidine rings is 1. The van der Waals surface area contributed by atoms with Crippen molar-refractivity contribution < 1.29 is 14.7 Å². The van der Waals surface area contributed by atoms with Gasteiger partial charge in [-0.1, -0.05) is 0 Å². The quantitative estimate of drug-likeness (QED) is 0.751. The van der Waals surface area contributed by atoms with Crippen LogP contribution in [0, 0.1) is 5.92 Å². The van der Waals surface area contributed by atoms with Gasteiger partial charge < -0.3 is 15.3 Å². The van der Waals surface area contributed by atoms with Gasteiger partial charge in [-0.15, -0.1) is 0 Å². The molecule has 2 aliphatic heterocycles. The number of nitrogens with zero attached hydrogens (tertiary/aromatic N) is 1. The largest absolute Gasteiger partial charge is 0.481 e. The van der Waals surface area contributed by atoms with Crippen molar-refractivity contribution in [1.82, 2.24) is 10.2 Å². The van der Waals surface area contributed by atoms with Crippen molar-refractivity contribution >= 4 is 11.9 Å². The van der Waals surface area contributed by atoms with Gasteiger partial charge in [0.25, 0.3) is 0 Å². The lowest BCUT2D eigenvalue weighted by atomic mass is 9.97. The molecule has 2 N–H and O–H groups in total. The average Bonchev–Trinajstić information content (AvgIpc) is 2.82. The molecule has 5 heteroatoms. The lowest BCUT2D eigenvalue weighted by Crippen LogP contribution is -2.44. The standard InChI is InChI=1S/C12H20N2O3/c15-11(7-10-4-1-5-13-10)14-6-2-3-9(8-14)12(16)17/h9-10,13H,1-8H2,(H,16,17). The molecule has 2 atom stereocenters. The topological polar surface area (TPSA) is 69.6 Å². The first kappa shape index (κ1) is 12.4. The molecule has 1 amide bonds. The number of carbonyl (C=O) groups is 2. The maximum absolute atomic E-state index is 12.0. The molecular weight excluding hydrogens is 220 g/mol. The summed E-state index contributed by atoms with van der Waals surface area (Å²) in [5, 5.41) is 12.3. The highest BCUT2D eigenvalue weighted by molar-refractivity contribution is 5.78. The van der Waals surface area contributed by atoms with Crippen molar-refractivity contribution in [2.24, 2.45) is 5.92 Å². The number of amides is 1. The Bertz CT molecular complexity index is 300. The molecule has 0 aromatic heterocycles. The van der Waals surface area contributed by atoms with Crippen molar-refractivity contribution in [3.63, 3.8) is 0 Å². The maximum atomic E-state index is 12.0. The summed E-state index contributed by atoms with van der Waals surface area (Å²) >= 11 is 0. The monoisotopic (exact) mass is 240 g/mol. The van der Waals surface area contributed by atoms with E-state index in [0.29, 0.717) is 25.4 Å². The SMILES string of the molecule is O=C(O)C1CCCN(C(=O)CC2CCCN2)C1. The second-order valence-electron chi connectivity index (χ2n) is 5.01. The Hall–Kier alpha value is -1.10. The number of aliphatic carboxylic acids is 1. The highest BCUT2D eigenvalue weighted by Gasteiger charge is 2.29. The number of hydrogen-bond acceptors (Lipinski definition) is 3. The summed E-state index contributed by atoms with van der Waals surface area (Å²) in [7, 11) is 0. The molecule has 0 aliphatic carbocycles. The minimum atomic E-state index is -0.776. The summed E-state index contributed by atoms with van der Waals surface area (Å²) in [6, 6.07) is 0.299. The van der Waals surface area contributed by atoms with E-state index in [4.69, 9.17) is 5.11 Å². The fourth-order valence-corrected chi connectivity index (χ4v) is 2.68. The van der Waals surface area contributed by atoms with Crippen LogP contribution in [0.3, 0.4) is 0 Å². The number of carbonyl (C=O) groups excluding carboxylic acids is 1. The Morgan fingerprint density at radius 1 is 1.29 bits per heavy atom. The van der Waals surface area contributed by atoms with Gasteiger partial charge >= 0.3 is 5.97 Å². The van der Waals surface area contributed by atoms with Crippen LogP contribution in [0.2, 0.25) is 0 Å². The summed E-state index contributed by atoms with van der Waals surface area (Å²) < 4.78 is 0. The van der Waals surface area contributed by atoms with Gasteiger partial charge in [0.05, 0.1) is 5.92 Å². The summed E-state index contributed by atoms with van der Waals surface area (Å²) in [6.45, 7) is 2.10. The fraction of sp³-hybridized carbons (Fsp3) is 0.833. The molecule has 0 saturated carbocycles. The van der Waals surface area contributed by atoms with E-state index in [1.54, 1.807) is 4.90 Å². The Kier molecular flexibility index (Phi) is 3.99. The number of carboxylic acids is 1. The van der Waals surface area contributed by atoms with Crippen molar-refractivity contribution in [2.75, 3.05) is 19.6 Å².